The van der Waals surface area contributed by atoms with Gasteiger partial charge in [-0.15, -0.1) is 0 Å². The molecule has 4 rings (SSSR count). The van der Waals surface area contributed by atoms with Crippen LogP contribution in [-0.4, -0.2) is 43.3 Å². The molecule has 1 atom stereocenters. The van der Waals surface area contributed by atoms with E-state index in [2.05, 4.69) is 35.2 Å². The van der Waals surface area contributed by atoms with Crippen molar-refractivity contribution in [2.24, 2.45) is 5.92 Å². The Morgan fingerprint density at radius 1 is 0.947 bits per heavy atom. The molecular weight excluding hydrogens is 472 g/mol. The summed E-state index contributed by atoms with van der Waals surface area (Å²) in [6, 6.07) is 26.3. The van der Waals surface area contributed by atoms with E-state index in [1.165, 1.54) is 5.56 Å². The van der Waals surface area contributed by atoms with Crippen molar-refractivity contribution >= 4 is 17.4 Å². The van der Waals surface area contributed by atoms with Crippen LogP contribution in [0.25, 0.3) is 0 Å². The van der Waals surface area contributed by atoms with Crippen molar-refractivity contribution in [2.45, 2.75) is 52.1 Å². The molecule has 1 heterocycles. The van der Waals surface area contributed by atoms with E-state index in [9.17, 15) is 9.59 Å². The summed E-state index contributed by atoms with van der Waals surface area (Å²) in [6.07, 6.45) is 2.99. The van der Waals surface area contributed by atoms with Gasteiger partial charge in [-0.1, -0.05) is 68.4 Å². The molecule has 0 N–H and O–H groups in total. The maximum Gasteiger partial charge on any atom is 0.229 e. The Morgan fingerprint density at radius 2 is 1.66 bits per heavy atom. The van der Waals surface area contributed by atoms with Crippen molar-refractivity contribution in [2.75, 3.05) is 31.6 Å². The Hall–Kier alpha value is -3.44. The topological polar surface area (TPSA) is 49.9 Å². The number of ketones is 1. The molecule has 1 aliphatic rings. The Balaban J connectivity index is 1.36. The number of carbonyl (C=O) groups excluding carboxylic acids is 2. The minimum atomic E-state index is -0.0816. The van der Waals surface area contributed by atoms with Crippen molar-refractivity contribution in [3.8, 4) is 5.75 Å². The number of rotatable bonds is 10. The molecule has 5 heteroatoms. The van der Waals surface area contributed by atoms with Gasteiger partial charge >= 0.3 is 0 Å². The van der Waals surface area contributed by atoms with Crippen LogP contribution < -0.4 is 9.64 Å². The first-order valence-corrected chi connectivity index (χ1v) is 13.7. The van der Waals surface area contributed by atoms with Gasteiger partial charge in [-0.2, -0.15) is 0 Å². The summed E-state index contributed by atoms with van der Waals surface area (Å²) in [4.78, 5) is 28.6. The molecule has 0 bridgehead atoms. The number of benzene rings is 3. The van der Waals surface area contributed by atoms with Gasteiger partial charge in [0.1, 0.15) is 11.9 Å². The molecule has 1 aliphatic heterocycles. The summed E-state index contributed by atoms with van der Waals surface area (Å²) in [5.41, 5.74) is 4.11. The molecule has 0 spiro atoms. The Kier molecular flexibility index (Phi) is 9.35. The second kappa shape index (κ2) is 12.9. The summed E-state index contributed by atoms with van der Waals surface area (Å²) in [6.45, 7) is 8.49. The van der Waals surface area contributed by atoms with Crippen LogP contribution in [0.4, 0.5) is 5.69 Å². The van der Waals surface area contributed by atoms with E-state index in [1.54, 1.807) is 11.8 Å². The first-order chi connectivity index (χ1) is 18.3. The molecule has 38 heavy (non-hydrogen) atoms. The highest BCUT2D eigenvalue weighted by Crippen LogP contribution is 2.32. The molecule has 1 amide bonds. The zero-order valence-corrected chi connectivity index (χ0v) is 23.1. The number of piperidine rings is 1. The number of ether oxygens (including phenoxy) is 1. The Labute approximate surface area is 227 Å². The molecule has 1 saturated heterocycles. The lowest BCUT2D eigenvalue weighted by atomic mass is 9.89. The number of hydrogen-bond acceptors (Lipinski definition) is 4. The first kappa shape index (κ1) is 27.6. The van der Waals surface area contributed by atoms with E-state index in [1.807, 2.05) is 69.4 Å². The van der Waals surface area contributed by atoms with Gasteiger partial charge in [0.25, 0.3) is 0 Å². The average molecular weight is 513 g/mol. The third-order valence-corrected chi connectivity index (χ3v) is 7.54. The lowest BCUT2D eigenvalue weighted by Gasteiger charge is -2.33. The summed E-state index contributed by atoms with van der Waals surface area (Å²) in [5.74, 6) is 1.39. The van der Waals surface area contributed by atoms with Gasteiger partial charge in [0.05, 0.1) is 0 Å². The second-order valence-electron chi connectivity index (χ2n) is 10.7. The zero-order chi connectivity index (χ0) is 27.1. The van der Waals surface area contributed by atoms with E-state index in [0.717, 1.165) is 55.9 Å². The molecule has 3 aromatic rings. The molecule has 200 valence electrons. The van der Waals surface area contributed by atoms with Crippen LogP contribution in [0.5, 0.6) is 5.75 Å². The smallest absolute Gasteiger partial charge is 0.229 e. The van der Waals surface area contributed by atoms with Gasteiger partial charge in [0.15, 0.2) is 5.78 Å². The number of amides is 1. The summed E-state index contributed by atoms with van der Waals surface area (Å²) in [7, 11) is 1.87. The van der Waals surface area contributed by atoms with Crippen LogP contribution in [0.3, 0.4) is 0 Å². The molecule has 3 aromatic carbocycles. The van der Waals surface area contributed by atoms with Crippen LogP contribution in [-0.2, 0) is 4.79 Å². The second-order valence-corrected chi connectivity index (χ2v) is 10.7. The fraction of sp³-hybridized carbons (Fsp3) is 0.394. The van der Waals surface area contributed by atoms with E-state index in [4.69, 9.17) is 4.74 Å². The lowest BCUT2D eigenvalue weighted by molar-refractivity contribution is -0.121. The van der Waals surface area contributed by atoms with Crippen molar-refractivity contribution in [1.82, 2.24) is 4.90 Å². The van der Waals surface area contributed by atoms with Gasteiger partial charge < -0.3 is 14.5 Å². The molecule has 0 aliphatic carbocycles. The maximum absolute atomic E-state index is 12.5. The molecule has 0 aromatic heterocycles. The van der Waals surface area contributed by atoms with Gasteiger partial charge in [-0.05, 0) is 74.2 Å². The zero-order valence-electron chi connectivity index (χ0n) is 23.1. The minimum absolute atomic E-state index is 0.0198. The van der Waals surface area contributed by atoms with E-state index >= 15 is 0 Å². The van der Waals surface area contributed by atoms with Crippen LogP contribution in [0, 0.1) is 5.92 Å². The predicted octanol–water partition coefficient (Wildman–Crippen LogP) is 6.90. The Morgan fingerprint density at radius 3 is 2.34 bits per heavy atom. The molecule has 1 unspecified atom stereocenters. The number of Topliss-reactive ketones (excluding diaryl/α,β-unsaturated/α-hetero) is 1. The van der Waals surface area contributed by atoms with Gasteiger partial charge in [0.2, 0.25) is 5.91 Å². The molecule has 1 fully saturated rings. The standard InChI is InChI=1S/C33H40N2O3/c1-24(2)33(37)34(4)30-14-8-13-29(22-30)26-16-19-35(20-17-26)21-18-32(27-10-6-5-7-11-27)38-31-15-9-12-28(23-31)25(3)36/h5-15,22-24,26,32H,16-21H2,1-4H3. The minimum Gasteiger partial charge on any atom is -0.486 e. The van der Waals surface area contributed by atoms with E-state index in [-0.39, 0.29) is 23.7 Å². The maximum atomic E-state index is 12.5. The highest BCUT2D eigenvalue weighted by atomic mass is 16.5. The number of likely N-dealkylation sites (tertiary alicyclic amines) is 1. The van der Waals surface area contributed by atoms with Gasteiger partial charge in [-0.3, -0.25) is 9.59 Å². The van der Waals surface area contributed by atoms with E-state index < -0.39 is 0 Å². The fourth-order valence-corrected chi connectivity index (χ4v) is 5.21. The van der Waals surface area contributed by atoms with Gasteiger partial charge in [0, 0.05) is 37.2 Å². The monoisotopic (exact) mass is 512 g/mol. The Bertz CT molecular complexity index is 1220. The van der Waals surface area contributed by atoms with Crippen LogP contribution in [0.2, 0.25) is 0 Å². The highest BCUT2D eigenvalue weighted by molar-refractivity contribution is 5.94. The summed E-state index contributed by atoms with van der Waals surface area (Å²) < 4.78 is 6.43. The molecule has 0 saturated carbocycles. The van der Waals surface area contributed by atoms with Crippen molar-refractivity contribution in [3.05, 3.63) is 95.6 Å². The average Bonchev–Trinajstić information content (AvgIpc) is 2.95. The van der Waals surface area contributed by atoms with Crippen LogP contribution in [0.15, 0.2) is 78.9 Å². The fourth-order valence-electron chi connectivity index (χ4n) is 5.21. The molecule has 5 nitrogen and oxygen atoms in total. The van der Waals surface area contributed by atoms with Crippen molar-refractivity contribution in [1.29, 1.82) is 0 Å². The van der Waals surface area contributed by atoms with Crippen molar-refractivity contribution in [3.63, 3.8) is 0 Å². The SMILES string of the molecule is CC(=O)c1cccc(OC(CCN2CCC(c3cccc(N(C)C(=O)C(C)C)c3)CC2)c2ccccc2)c1. The van der Waals surface area contributed by atoms with Crippen molar-refractivity contribution < 1.29 is 14.3 Å². The normalized spacial score (nSPS) is 15.3. The number of carbonyl (C=O) groups is 2. The lowest BCUT2D eigenvalue weighted by Crippen LogP contribution is -2.35. The number of nitrogens with zero attached hydrogens (tertiary/aromatic N) is 2. The van der Waals surface area contributed by atoms with Crippen LogP contribution in [0.1, 0.15) is 73.5 Å². The predicted molar refractivity (Wildman–Crippen MR) is 154 cm³/mol. The number of anilines is 1. The quantitative estimate of drug-likeness (QED) is 0.277. The van der Waals surface area contributed by atoms with Gasteiger partial charge in [-0.25, -0.2) is 0 Å². The molecule has 0 radical (unpaired) electrons. The van der Waals surface area contributed by atoms with E-state index in [0.29, 0.717) is 11.5 Å². The first-order valence-electron chi connectivity index (χ1n) is 13.7. The van der Waals surface area contributed by atoms with Crippen LogP contribution >= 0.6 is 0 Å². The largest absolute Gasteiger partial charge is 0.486 e. The summed E-state index contributed by atoms with van der Waals surface area (Å²) in [5, 5.41) is 0. The third kappa shape index (κ3) is 7.11. The third-order valence-electron chi connectivity index (χ3n) is 7.54. The number of hydrogen-bond donors (Lipinski definition) is 0. The molecular formula is C33H40N2O3. The highest BCUT2D eigenvalue weighted by Gasteiger charge is 2.23. The summed E-state index contributed by atoms with van der Waals surface area (Å²) >= 11 is 0.